The highest BCUT2D eigenvalue weighted by Gasteiger charge is 2.04. The van der Waals surface area contributed by atoms with E-state index < -0.39 is 0 Å². The Balaban J connectivity index is 1.89. The van der Waals surface area contributed by atoms with Crippen LogP contribution in [0.15, 0.2) is 48.7 Å². The number of aromatic amines is 1. The smallest absolute Gasteiger partial charge is 0.0446 e. The summed E-state index contributed by atoms with van der Waals surface area (Å²) >= 11 is 0. The standard InChI is InChI=1S/C13H16N2/c1-11(13-8-5-9-14-13)15-10-12-6-3-2-4-7-12/h2-9,11,14-15H,10H2,1H3/t11-/m1/s1. The van der Waals surface area contributed by atoms with E-state index in [1.807, 2.05) is 18.3 Å². The fraction of sp³-hybridized carbons (Fsp3) is 0.231. The van der Waals surface area contributed by atoms with Gasteiger partial charge >= 0.3 is 0 Å². The van der Waals surface area contributed by atoms with E-state index in [1.54, 1.807) is 0 Å². The third kappa shape index (κ3) is 2.70. The van der Waals surface area contributed by atoms with E-state index in [1.165, 1.54) is 11.3 Å². The highest BCUT2D eigenvalue weighted by atomic mass is 14.9. The SMILES string of the molecule is C[C@@H](NCc1ccccc1)c1ccc[nH]1. The molecule has 0 radical (unpaired) electrons. The predicted molar refractivity (Wildman–Crippen MR) is 62.5 cm³/mol. The van der Waals surface area contributed by atoms with Crippen molar-refractivity contribution >= 4 is 0 Å². The number of rotatable bonds is 4. The van der Waals surface area contributed by atoms with Gasteiger partial charge in [-0.3, -0.25) is 0 Å². The number of H-pyrrole nitrogens is 1. The number of hydrogen-bond donors (Lipinski definition) is 2. The molecule has 1 atom stereocenters. The maximum atomic E-state index is 3.47. The first-order chi connectivity index (χ1) is 7.36. The lowest BCUT2D eigenvalue weighted by molar-refractivity contribution is 0.564. The largest absolute Gasteiger partial charge is 0.364 e. The van der Waals surface area contributed by atoms with Crippen LogP contribution in [0.2, 0.25) is 0 Å². The van der Waals surface area contributed by atoms with E-state index in [0.717, 1.165) is 6.54 Å². The fourth-order valence-electron chi connectivity index (χ4n) is 1.59. The molecule has 0 unspecified atom stereocenters. The van der Waals surface area contributed by atoms with Gasteiger partial charge in [-0.05, 0) is 24.6 Å². The molecule has 0 bridgehead atoms. The Kier molecular flexibility index (Phi) is 3.20. The molecule has 2 rings (SSSR count). The molecule has 2 N–H and O–H groups in total. The van der Waals surface area contributed by atoms with Crippen LogP contribution in [0, 0.1) is 0 Å². The van der Waals surface area contributed by atoms with Crippen LogP contribution in [0.3, 0.4) is 0 Å². The third-order valence-corrected chi connectivity index (χ3v) is 2.54. The second-order valence-electron chi connectivity index (χ2n) is 3.71. The molecule has 1 heterocycles. The van der Waals surface area contributed by atoms with Gasteiger partial charge in [0, 0.05) is 24.5 Å². The predicted octanol–water partition coefficient (Wildman–Crippen LogP) is 2.87. The Hall–Kier alpha value is -1.54. The second-order valence-corrected chi connectivity index (χ2v) is 3.71. The minimum Gasteiger partial charge on any atom is -0.364 e. The Morgan fingerprint density at radius 1 is 1.13 bits per heavy atom. The lowest BCUT2D eigenvalue weighted by Crippen LogP contribution is -2.18. The molecule has 0 amide bonds. The molecule has 0 aliphatic heterocycles. The van der Waals surface area contributed by atoms with Gasteiger partial charge in [0.15, 0.2) is 0 Å². The Labute approximate surface area is 90.3 Å². The molecule has 0 aliphatic rings. The van der Waals surface area contributed by atoms with Crippen LogP contribution in [0.4, 0.5) is 0 Å². The summed E-state index contributed by atoms with van der Waals surface area (Å²) in [5, 5.41) is 3.47. The first-order valence-electron chi connectivity index (χ1n) is 5.27. The fourth-order valence-corrected chi connectivity index (χ4v) is 1.59. The normalized spacial score (nSPS) is 12.6. The van der Waals surface area contributed by atoms with Crippen LogP contribution in [-0.2, 0) is 6.54 Å². The van der Waals surface area contributed by atoms with Crippen molar-refractivity contribution in [2.75, 3.05) is 0 Å². The topological polar surface area (TPSA) is 27.8 Å². The van der Waals surface area contributed by atoms with Crippen molar-refractivity contribution in [3.8, 4) is 0 Å². The summed E-state index contributed by atoms with van der Waals surface area (Å²) < 4.78 is 0. The minimum atomic E-state index is 0.361. The molecule has 1 aromatic heterocycles. The van der Waals surface area contributed by atoms with Crippen molar-refractivity contribution in [2.45, 2.75) is 19.5 Å². The van der Waals surface area contributed by atoms with Gasteiger partial charge in [-0.1, -0.05) is 30.3 Å². The summed E-state index contributed by atoms with van der Waals surface area (Å²) in [4.78, 5) is 3.21. The average Bonchev–Trinajstić information content (AvgIpc) is 2.81. The molecule has 0 spiro atoms. The van der Waals surface area contributed by atoms with Crippen molar-refractivity contribution in [1.82, 2.24) is 10.3 Å². The van der Waals surface area contributed by atoms with Crippen molar-refractivity contribution in [3.63, 3.8) is 0 Å². The lowest BCUT2D eigenvalue weighted by Gasteiger charge is -2.12. The van der Waals surface area contributed by atoms with Crippen molar-refractivity contribution in [3.05, 3.63) is 59.9 Å². The van der Waals surface area contributed by atoms with E-state index in [4.69, 9.17) is 0 Å². The van der Waals surface area contributed by atoms with Crippen molar-refractivity contribution < 1.29 is 0 Å². The van der Waals surface area contributed by atoms with Gasteiger partial charge in [0.05, 0.1) is 0 Å². The van der Waals surface area contributed by atoms with Crippen molar-refractivity contribution in [1.29, 1.82) is 0 Å². The molecule has 2 heteroatoms. The monoisotopic (exact) mass is 200 g/mol. The highest BCUT2D eigenvalue weighted by Crippen LogP contribution is 2.09. The summed E-state index contributed by atoms with van der Waals surface area (Å²) in [6, 6.07) is 14.9. The quantitative estimate of drug-likeness (QED) is 0.780. The van der Waals surface area contributed by atoms with Crippen LogP contribution < -0.4 is 5.32 Å². The maximum absolute atomic E-state index is 3.47. The zero-order chi connectivity index (χ0) is 10.5. The van der Waals surface area contributed by atoms with Gasteiger partial charge in [-0.15, -0.1) is 0 Å². The second kappa shape index (κ2) is 4.80. The molecule has 15 heavy (non-hydrogen) atoms. The molecule has 0 saturated heterocycles. The van der Waals surface area contributed by atoms with Gasteiger partial charge in [-0.2, -0.15) is 0 Å². The Morgan fingerprint density at radius 2 is 1.93 bits per heavy atom. The summed E-state index contributed by atoms with van der Waals surface area (Å²) in [5.74, 6) is 0. The molecular weight excluding hydrogens is 184 g/mol. The molecule has 0 saturated carbocycles. The first kappa shape index (κ1) is 9.99. The Bertz CT molecular complexity index is 378. The van der Waals surface area contributed by atoms with Gasteiger partial charge in [-0.25, -0.2) is 0 Å². The number of nitrogens with one attached hydrogen (secondary N) is 2. The first-order valence-corrected chi connectivity index (χ1v) is 5.27. The molecule has 1 aromatic carbocycles. The third-order valence-electron chi connectivity index (χ3n) is 2.54. The van der Waals surface area contributed by atoms with Gasteiger partial charge < -0.3 is 10.3 Å². The van der Waals surface area contributed by atoms with Gasteiger partial charge in [0.1, 0.15) is 0 Å². The van der Waals surface area contributed by atoms with E-state index in [9.17, 15) is 0 Å². The minimum absolute atomic E-state index is 0.361. The Morgan fingerprint density at radius 3 is 2.60 bits per heavy atom. The zero-order valence-electron chi connectivity index (χ0n) is 8.90. The van der Waals surface area contributed by atoms with Crippen LogP contribution in [-0.4, -0.2) is 4.98 Å². The number of benzene rings is 1. The lowest BCUT2D eigenvalue weighted by atomic mass is 10.2. The van der Waals surface area contributed by atoms with Gasteiger partial charge in [0.2, 0.25) is 0 Å². The summed E-state index contributed by atoms with van der Waals surface area (Å²) in [5.41, 5.74) is 2.54. The van der Waals surface area contributed by atoms with Crippen LogP contribution in [0.1, 0.15) is 24.2 Å². The summed E-state index contributed by atoms with van der Waals surface area (Å²) in [6.07, 6.45) is 1.95. The van der Waals surface area contributed by atoms with Gasteiger partial charge in [0.25, 0.3) is 0 Å². The maximum Gasteiger partial charge on any atom is 0.0446 e. The molecular formula is C13H16N2. The average molecular weight is 200 g/mol. The van der Waals surface area contributed by atoms with Crippen LogP contribution >= 0.6 is 0 Å². The summed E-state index contributed by atoms with van der Waals surface area (Å²) in [7, 11) is 0. The molecule has 78 valence electrons. The van der Waals surface area contributed by atoms with E-state index in [0.29, 0.717) is 6.04 Å². The van der Waals surface area contributed by atoms with Crippen LogP contribution in [0.25, 0.3) is 0 Å². The van der Waals surface area contributed by atoms with E-state index >= 15 is 0 Å². The summed E-state index contributed by atoms with van der Waals surface area (Å²) in [6.45, 7) is 3.07. The van der Waals surface area contributed by atoms with Crippen molar-refractivity contribution in [2.24, 2.45) is 0 Å². The van der Waals surface area contributed by atoms with E-state index in [-0.39, 0.29) is 0 Å². The zero-order valence-corrected chi connectivity index (χ0v) is 8.90. The highest BCUT2D eigenvalue weighted by molar-refractivity contribution is 5.15. The molecule has 0 fully saturated rings. The van der Waals surface area contributed by atoms with Crippen LogP contribution in [0.5, 0.6) is 0 Å². The number of aromatic nitrogens is 1. The molecule has 0 aliphatic carbocycles. The molecule has 2 aromatic rings. The molecule has 2 nitrogen and oxygen atoms in total. The number of hydrogen-bond acceptors (Lipinski definition) is 1. The van der Waals surface area contributed by atoms with E-state index in [2.05, 4.69) is 47.6 Å².